The van der Waals surface area contributed by atoms with Crippen molar-refractivity contribution in [3.63, 3.8) is 0 Å². The zero-order valence-electron chi connectivity index (χ0n) is 35.2. The van der Waals surface area contributed by atoms with E-state index in [0.717, 1.165) is 88.7 Å². The smallest absolute Gasteiger partial charge is 0.262 e. The summed E-state index contributed by atoms with van der Waals surface area (Å²) in [7, 11) is 0. The molecule has 16 heteroatoms. The van der Waals surface area contributed by atoms with Crippen LogP contribution in [-0.2, 0) is 9.59 Å². The van der Waals surface area contributed by atoms with Crippen molar-refractivity contribution < 1.29 is 33.4 Å². The largest absolute Gasteiger partial charge is 0.490 e. The molecule has 2 saturated heterocycles. The van der Waals surface area contributed by atoms with Crippen LogP contribution in [0.4, 0.5) is 5.95 Å². The van der Waals surface area contributed by atoms with Gasteiger partial charge in [-0.1, -0.05) is 11.6 Å². The molecule has 8 rings (SSSR count). The molecule has 4 heterocycles. The molecule has 0 bridgehead atoms. The number of hydrogen-bond acceptors (Lipinski definition) is 12. The Hall–Kier alpha value is -5.59. The van der Waals surface area contributed by atoms with E-state index in [0.29, 0.717) is 51.6 Å². The average Bonchev–Trinajstić information content (AvgIpc) is 3.51. The van der Waals surface area contributed by atoms with Crippen LogP contribution in [0, 0.1) is 17.2 Å². The fourth-order valence-electron chi connectivity index (χ4n) is 9.65. The molecule has 62 heavy (non-hydrogen) atoms. The molecular formula is C46H53ClN8O7. The van der Waals surface area contributed by atoms with E-state index in [1.165, 1.54) is 0 Å². The Morgan fingerprint density at radius 2 is 1.50 bits per heavy atom. The fraction of sp³-hybridized carbons (Fsp3) is 0.522. The number of ether oxygens (including phenoxy) is 2. The number of halogens is 1. The average molecular weight is 865 g/mol. The first-order chi connectivity index (χ1) is 29.9. The minimum atomic E-state index is -1.00. The number of amides is 5. The van der Waals surface area contributed by atoms with E-state index in [1.54, 1.807) is 48.8 Å². The third-order valence-corrected chi connectivity index (χ3v) is 13.4. The molecular weight excluding hydrogens is 812 g/mol. The van der Waals surface area contributed by atoms with Gasteiger partial charge in [0.2, 0.25) is 17.8 Å². The fourth-order valence-corrected chi connectivity index (χ4v) is 9.87. The molecule has 15 nitrogen and oxygen atoms in total. The summed E-state index contributed by atoms with van der Waals surface area (Å²) < 4.78 is 12.5. The first-order valence-electron chi connectivity index (χ1n) is 22.0. The number of hydrogen-bond donors (Lipinski definition) is 2. The molecule has 2 saturated carbocycles. The molecule has 4 fully saturated rings. The Morgan fingerprint density at radius 1 is 0.871 bits per heavy atom. The molecule has 2 aromatic carbocycles. The maximum atomic E-state index is 13.3. The van der Waals surface area contributed by atoms with E-state index in [9.17, 15) is 24.0 Å². The Morgan fingerprint density at radius 3 is 2.13 bits per heavy atom. The van der Waals surface area contributed by atoms with Gasteiger partial charge in [0.05, 0.1) is 39.5 Å². The standard InChI is InChI=1S/C46H53ClN8O7/c1-27(2)54(32-6-11-34(12-7-32)61-35-13-14-37-38(21-35)45(60)55(44(37)59)40-15-16-41(56)52-43(40)58)26-28-17-19-53(20-18-28)46-49-24-30(25-50-46)42(57)51-31-4-9-33(10-5-31)62-36-8-3-29(23-48)39(47)22-36/h3,8,13-14,21-22,24-25,27-28,31-34,40H,4-7,9-12,15-20,26H2,1-2H3,(H,51,57)(H,52,56,58). The summed E-state index contributed by atoms with van der Waals surface area (Å²) in [5, 5.41) is 14.9. The van der Waals surface area contributed by atoms with Crippen LogP contribution < -0.4 is 25.0 Å². The molecule has 0 spiro atoms. The molecule has 5 amide bonds. The zero-order chi connectivity index (χ0) is 43.5. The maximum absolute atomic E-state index is 13.3. The summed E-state index contributed by atoms with van der Waals surface area (Å²) in [6.45, 7) is 7.25. The first kappa shape index (κ1) is 43.1. The van der Waals surface area contributed by atoms with Crippen LogP contribution in [0.15, 0.2) is 48.8 Å². The van der Waals surface area contributed by atoms with Crippen molar-refractivity contribution in [1.29, 1.82) is 5.26 Å². The Labute approximate surface area is 366 Å². The second-order valence-corrected chi connectivity index (χ2v) is 17.9. The van der Waals surface area contributed by atoms with E-state index >= 15 is 0 Å². The highest BCUT2D eigenvalue weighted by Crippen LogP contribution is 2.34. The van der Waals surface area contributed by atoms with Crippen LogP contribution >= 0.6 is 11.6 Å². The van der Waals surface area contributed by atoms with Gasteiger partial charge in [0.1, 0.15) is 23.6 Å². The van der Waals surface area contributed by atoms with Gasteiger partial charge in [-0.25, -0.2) is 9.97 Å². The molecule has 2 N–H and O–H groups in total. The molecule has 326 valence electrons. The number of aromatic nitrogens is 2. The van der Waals surface area contributed by atoms with Gasteiger partial charge >= 0.3 is 0 Å². The van der Waals surface area contributed by atoms with Crippen LogP contribution in [0.1, 0.15) is 128 Å². The first-order valence-corrected chi connectivity index (χ1v) is 22.3. The zero-order valence-corrected chi connectivity index (χ0v) is 35.9. The predicted octanol–water partition coefficient (Wildman–Crippen LogP) is 5.84. The Bertz CT molecular complexity index is 2220. The summed E-state index contributed by atoms with van der Waals surface area (Å²) in [6, 6.07) is 11.9. The molecule has 0 radical (unpaired) electrons. The van der Waals surface area contributed by atoms with Crippen molar-refractivity contribution in [2.45, 2.75) is 127 Å². The number of anilines is 1. The monoisotopic (exact) mass is 864 g/mol. The lowest BCUT2D eigenvalue weighted by Crippen LogP contribution is -2.54. The molecule has 2 aliphatic carbocycles. The highest BCUT2D eigenvalue weighted by molar-refractivity contribution is 6.31. The molecule has 1 atom stereocenters. The molecule has 1 aromatic heterocycles. The van der Waals surface area contributed by atoms with Crippen molar-refractivity contribution in [3.8, 4) is 17.6 Å². The Kier molecular flexibility index (Phi) is 13.1. The summed E-state index contributed by atoms with van der Waals surface area (Å²) in [6.07, 6.45) is 12.4. The molecule has 1 unspecified atom stereocenters. The SMILES string of the molecule is CC(C)N(CC1CCN(c2ncc(C(=O)NC3CCC(Oc4ccc(C#N)c(Cl)c4)CC3)cn2)CC1)C1CCC(Oc2ccc3c(c2)C(=O)N(C2CCC(=O)NC2=O)C3=O)CC1. The number of nitrogens with one attached hydrogen (secondary N) is 2. The number of imide groups is 2. The van der Waals surface area contributed by atoms with Crippen molar-refractivity contribution in [2.24, 2.45) is 5.92 Å². The van der Waals surface area contributed by atoms with E-state index < -0.39 is 29.7 Å². The second-order valence-electron chi connectivity index (χ2n) is 17.5. The number of carbonyl (C=O) groups excluding carboxylic acids is 5. The summed E-state index contributed by atoms with van der Waals surface area (Å²) in [4.78, 5) is 78.6. The van der Waals surface area contributed by atoms with Crippen LogP contribution in [-0.4, -0.2) is 105 Å². The topological polar surface area (TPSA) is 187 Å². The van der Waals surface area contributed by atoms with Gasteiger partial charge in [-0.2, -0.15) is 5.26 Å². The molecule has 5 aliphatic rings. The van der Waals surface area contributed by atoms with Gasteiger partial charge in [-0.15, -0.1) is 0 Å². The van der Waals surface area contributed by atoms with Crippen LogP contribution in [0.2, 0.25) is 5.02 Å². The van der Waals surface area contributed by atoms with Gasteiger partial charge < -0.3 is 19.7 Å². The maximum Gasteiger partial charge on any atom is 0.262 e. The Balaban J connectivity index is 0.760. The minimum Gasteiger partial charge on any atom is -0.490 e. The molecule has 3 aliphatic heterocycles. The third kappa shape index (κ3) is 9.56. The van der Waals surface area contributed by atoms with Crippen molar-refractivity contribution in [3.05, 3.63) is 76.1 Å². The number of benzene rings is 2. The van der Waals surface area contributed by atoms with Crippen molar-refractivity contribution in [1.82, 2.24) is 30.4 Å². The van der Waals surface area contributed by atoms with E-state index in [2.05, 4.69) is 50.3 Å². The predicted molar refractivity (Wildman–Crippen MR) is 229 cm³/mol. The highest BCUT2D eigenvalue weighted by Gasteiger charge is 2.45. The number of fused-ring (bicyclic) bond motifs is 1. The van der Waals surface area contributed by atoms with Crippen molar-refractivity contribution in [2.75, 3.05) is 24.5 Å². The van der Waals surface area contributed by atoms with Crippen LogP contribution in [0.5, 0.6) is 11.5 Å². The number of carbonyl (C=O) groups is 5. The summed E-state index contributed by atoms with van der Waals surface area (Å²) in [5.41, 5.74) is 1.32. The lowest BCUT2D eigenvalue weighted by Gasteiger charge is -2.42. The number of piperidine rings is 2. The molecule has 3 aromatic rings. The van der Waals surface area contributed by atoms with Crippen LogP contribution in [0.25, 0.3) is 0 Å². The highest BCUT2D eigenvalue weighted by atomic mass is 35.5. The van der Waals surface area contributed by atoms with Gasteiger partial charge in [-0.05, 0) is 121 Å². The van der Waals surface area contributed by atoms with Gasteiger partial charge in [0.25, 0.3) is 17.7 Å². The quantitative estimate of drug-likeness (QED) is 0.208. The van der Waals surface area contributed by atoms with E-state index in [1.807, 2.05) is 0 Å². The third-order valence-electron chi connectivity index (χ3n) is 13.1. The van der Waals surface area contributed by atoms with Gasteiger partial charge in [0, 0.05) is 62.6 Å². The number of nitrogens with zero attached hydrogens (tertiary/aromatic N) is 6. The normalized spacial score (nSPS) is 24.5. The summed E-state index contributed by atoms with van der Waals surface area (Å²) in [5.74, 6) is 0.0875. The summed E-state index contributed by atoms with van der Waals surface area (Å²) >= 11 is 6.16. The van der Waals surface area contributed by atoms with Crippen molar-refractivity contribution >= 4 is 47.1 Å². The van der Waals surface area contributed by atoms with Crippen LogP contribution in [0.3, 0.4) is 0 Å². The van der Waals surface area contributed by atoms with Gasteiger partial charge in [-0.3, -0.25) is 39.1 Å². The number of rotatable bonds is 12. The van der Waals surface area contributed by atoms with Gasteiger partial charge in [0.15, 0.2) is 0 Å². The lowest BCUT2D eigenvalue weighted by molar-refractivity contribution is -0.136. The lowest BCUT2D eigenvalue weighted by atomic mass is 9.89. The second kappa shape index (κ2) is 18.8. The number of nitriles is 1. The van der Waals surface area contributed by atoms with E-state index in [-0.39, 0.29) is 48.1 Å². The minimum absolute atomic E-state index is 0.0135. The van der Waals surface area contributed by atoms with E-state index in [4.69, 9.17) is 26.3 Å².